The molecule has 3 aromatic rings. The fourth-order valence-corrected chi connectivity index (χ4v) is 4.85. The lowest BCUT2D eigenvalue weighted by Gasteiger charge is -2.37. The van der Waals surface area contributed by atoms with E-state index < -0.39 is 0 Å². The molecule has 0 N–H and O–H groups in total. The van der Waals surface area contributed by atoms with Crippen LogP contribution in [0.15, 0.2) is 70.6 Å². The smallest absolute Gasteiger partial charge is 0.155 e. The van der Waals surface area contributed by atoms with Crippen molar-refractivity contribution in [1.82, 2.24) is 4.90 Å². The van der Waals surface area contributed by atoms with Crippen molar-refractivity contribution in [2.45, 2.75) is 33.7 Å². The number of amidine groups is 1. The zero-order valence-electron chi connectivity index (χ0n) is 18.8. The van der Waals surface area contributed by atoms with E-state index in [1.165, 1.54) is 40.6 Å². The van der Waals surface area contributed by atoms with Crippen molar-refractivity contribution in [3.05, 3.63) is 82.9 Å². The summed E-state index contributed by atoms with van der Waals surface area (Å²) in [6.07, 6.45) is 1.11. The Bertz CT molecular complexity index is 1150. The van der Waals surface area contributed by atoms with E-state index in [2.05, 4.69) is 86.3 Å². The van der Waals surface area contributed by atoms with Gasteiger partial charge in [-0.1, -0.05) is 81.4 Å². The minimum Gasteiger partial charge on any atom is -0.298 e. The second-order valence-electron chi connectivity index (χ2n) is 9.61. The lowest BCUT2D eigenvalue weighted by molar-refractivity contribution is 0.105. The molecule has 0 radical (unpaired) electrons. The Morgan fingerprint density at radius 1 is 0.935 bits per heavy atom. The fourth-order valence-electron chi connectivity index (χ4n) is 4.85. The van der Waals surface area contributed by atoms with Crippen molar-refractivity contribution in [3.63, 3.8) is 0 Å². The number of nitrogens with zero attached hydrogens (tertiary/aromatic N) is 3. The third kappa shape index (κ3) is 4.20. The highest BCUT2D eigenvalue weighted by Gasteiger charge is 2.23. The van der Waals surface area contributed by atoms with Crippen LogP contribution in [0.3, 0.4) is 0 Å². The molecule has 2 heterocycles. The molecule has 0 aliphatic carbocycles. The predicted octanol–water partition coefficient (Wildman–Crippen LogP) is 5.74. The van der Waals surface area contributed by atoms with Crippen LogP contribution < -0.4 is 0 Å². The molecule has 0 bridgehead atoms. The number of rotatable bonds is 6. The Hall–Kier alpha value is -2.78. The molecular weight excluding hydrogens is 378 g/mol. The average molecular weight is 410 g/mol. The largest absolute Gasteiger partial charge is 0.298 e. The molecule has 0 saturated carbocycles. The van der Waals surface area contributed by atoms with Crippen LogP contribution in [0, 0.1) is 11.8 Å². The molecule has 0 amide bonds. The summed E-state index contributed by atoms with van der Waals surface area (Å²) in [5.74, 6) is 2.36. The molecule has 5 rings (SSSR count). The van der Waals surface area contributed by atoms with Gasteiger partial charge in [-0.2, -0.15) is 0 Å². The van der Waals surface area contributed by atoms with Gasteiger partial charge in [-0.3, -0.25) is 9.89 Å². The lowest BCUT2D eigenvalue weighted by atomic mass is 9.96. The van der Waals surface area contributed by atoms with E-state index >= 15 is 0 Å². The highest BCUT2D eigenvalue weighted by molar-refractivity contribution is 6.20. The molecule has 3 nitrogen and oxygen atoms in total. The van der Waals surface area contributed by atoms with Crippen molar-refractivity contribution in [1.29, 1.82) is 0 Å². The van der Waals surface area contributed by atoms with Gasteiger partial charge < -0.3 is 0 Å². The van der Waals surface area contributed by atoms with Gasteiger partial charge in [0, 0.05) is 25.2 Å². The number of likely N-dealkylation sites (tertiary alicyclic amines) is 1. The van der Waals surface area contributed by atoms with Crippen LogP contribution >= 0.6 is 0 Å². The summed E-state index contributed by atoms with van der Waals surface area (Å²) < 4.78 is 0. The maximum absolute atomic E-state index is 4.95. The Morgan fingerprint density at radius 2 is 1.68 bits per heavy atom. The quantitative estimate of drug-likeness (QED) is 0.510. The summed E-state index contributed by atoms with van der Waals surface area (Å²) in [6.45, 7) is 10.9. The summed E-state index contributed by atoms with van der Waals surface area (Å²) in [5.41, 5.74) is 6.17. The van der Waals surface area contributed by atoms with Crippen LogP contribution in [0.1, 0.15) is 43.0 Å². The van der Waals surface area contributed by atoms with Gasteiger partial charge in [0.1, 0.15) is 0 Å². The third-order valence-electron chi connectivity index (χ3n) is 6.34. The van der Waals surface area contributed by atoms with Crippen molar-refractivity contribution in [2.24, 2.45) is 21.8 Å². The first-order valence-electron chi connectivity index (χ1n) is 11.5. The van der Waals surface area contributed by atoms with Crippen LogP contribution in [0.2, 0.25) is 0 Å². The standard InChI is InChI=1S/C28H31N3/c1-19(2)14-21-8-10-22(11-9-21)27-15-29-28(30-27)26-13-12-23(18-31-16-20(3)17-31)24-6-4-5-7-25(24)26/h4-13,19-20H,14-18H2,1-3H3. The lowest BCUT2D eigenvalue weighted by Crippen LogP contribution is -2.44. The van der Waals surface area contributed by atoms with Crippen LogP contribution in [-0.4, -0.2) is 36.1 Å². The van der Waals surface area contributed by atoms with Gasteiger partial charge in [0.05, 0.1) is 12.3 Å². The number of fused-ring (bicyclic) bond motifs is 1. The molecule has 1 saturated heterocycles. The first-order chi connectivity index (χ1) is 15.1. The van der Waals surface area contributed by atoms with Gasteiger partial charge in [0.2, 0.25) is 0 Å². The Balaban J connectivity index is 1.41. The second-order valence-corrected chi connectivity index (χ2v) is 9.61. The molecule has 0 aromatic heterocycles. The van der Waals surface area contributed by atoms with Gasteiger partial charge >= 0.3 is 0 Å². The Morgan fingerprint density at radius 3 is 2.39 bits per heavy atom. The van der Waals surface area contributed by atoms with Crippen molar-refractivity contribution < 1.29 is 0 Å². The van der Waals surface area contributed by atoms with Crippen LogP contribution in [0.25, 0.3) is 10.8 Å². The molecule has 3 heteroatoms. The van der Waals surface area contributed by atoms with Crippen LogP contribution in [-0.2, 0) is 13.0 Å². The van der Waals surface area contributed by atoms with E-state index in [1.54, 1.807) is 0 Å². The first-order valence-corrected chi connectivity index (χ1v) is 11.5. The molecule has 2 aliphatic heterocycles. The zero-order chi connectivity index (χ0) is 21.4. The molecule has 2 aliphatic rings. The highest BCUT2D eigenvalue weighted by atomic mass is 15.2. The first kappa shape index (κ1) is 20.1. The Labute approximate surface area is 185 Å². The molecule has 1 fully saturated rings. The minimum atomic E-state index is 0.653. The molecular formula is C28H31N3. The van der Waals surface area contributed by atoms with E-state index in [0.29, 0.717) is 12.5 Å². The summed E-state index contributed by atoms with van der Waals surface area (Å²) >= 11 is 0. The average Bonchev–Trinajstić information content (AvgIpc) is 3.23. The van der Waals surface area contributed by atoms with E-state index in [-0.39, 0.29) is 0 Å². The number of hydrogen-bond donors (Lipinski definition) is 0. The number of aliphatic imine (C=N–C) groups is 2. The van der Waals surface area contributed by atoms with E-state index in [0.717, 1.165) is 36.0 Å². The van der Waals surface area contributed by atoms with Gasteiger partial charge in [-0.15, -0.1) is 0 Å². The predicted molar refractivity (Wildman–Crippen MR) is 131 cm³/mol. The molecule has 158 valence electrons. The molecule has 0 unspecified atom stereocenters. The number of hydrogen-bond acceptors (Lipinski definition) is 3. The summed E-state index contributed by atoms with van der Waals surface area (Å²) in [5, 5.41) is 2.58. The molecule has 0 atom stereocenters. The fraction of sp³-hybridized carbons (Fsp3) is 0.357. The maximum atomic E-state index is 4.95. The van der Waals surface area contributed by atoms with Gasteiger partial charge in [-0.25, -0.2) is 4.99 Å². The van der Waals surface area contributed by atoms with Crippen molar-refractivity contribution in [3.8, 4) is 0 Å². The maximum Gasteiger partial charge on any atom is 0.155 e. The zero-order valence-corrected chi connectivity index (χ0v) is 18.8. The van der Waals surface area contributed by atoms with E-state index in [4.69, 9.17) is 9.98 Å². The Kier molecular flexibility index (Phi) is 5.45. The third-order valence-corrected chi connectivity index (χ3v) is 6.34. The minimum absolute atomic E-state index is 0.653. The van der Waals surface area contributed by atoms with Crippen molar-refractivity contribution >= 4 is 22.3 Å². The summed E-state index contributed by atoms with van der Waals surface area (Å²) in [4.78, 5) is 12.3. The van der Waals surface area contributed by atoms with Gasteiger partial charge in [-0.05, 0) is 45.7 Å². The van der Waals surface area contributed by atoms with Crippen LogP contribution in [0.4, 0.5) is 0 Å². The second kappa shape index (κ2) is 8.39. The summed E-state index contributed by atoms with van der Waals surface area (Å²) in [7, 11) is 0. The van der Waals surface area contributed by atoms with Crippen LogP contribution in [0.5, 0.6) is 0 Å². The van der Waals surface area contributed by atoms with Gasteiger partial charge in [0.15, 0.2) is 5.84 Å². The number of benzene rings is 3. The monoisotopic (exact) mass is 409 g/mol. The van der Waals surface area contributed by atoms with E-state index in [9.17, 15) is 0 Å². The normalized spacial score (nSPS) is 17.2. The highest BCUT2D eigenvalue weighted by Crippen LogP contribution is 2.28. The summed E-state index contributed by atoms with van der Waals surface area (Å²) in [6, 6.07) is 22.1. The van der Waals surface area contributed by atoms with Crippen molar-refractivity contribution in [2.75, 3.05) is 19.6 Å². The molecule has 31 heavy (non-hydrogen) atoms. The molecule has 0 spiro atoms. The SMILES string of the molecule is CC(C)Cc1ccc(C2=NC(c3ccc(CN4CC(C)C4)c4ccccc34)=NC2)cc1. The topological polar surface area (TPSA) is 28.0 Å². The molecule has 3 aromatic carbocycles. The van der Waals surface area contributed by atoms with Gasteiger partial charge in [0.25, 0.3) is 0 Å². The van der Waals surface area contributed by atoms with E-state index in [1.807, 2.05) is 0 Å².